The first kappa shape index (κ1) is 19.5. The Morgan fingerprint density at radius 3 is 2.89 bits per heavy atom. The average molecular weight is 507 g/mol. The van der Waals surface area contributed by atoms with Crippen molar-refractivity contribution in [3.8, 4) is 5.75 Å². The minimum atomic E-state index is 0.0324. The highest BCUT2D eigenvalue weighted by Crippen LogP contribution is 2.40. The lowest BCUT2D eigenvalue weighted by Gasteiger charge is -2.28. The number of fused-ring (bicyclic) bond motifs is 2. The Morgan fingerprint density at radius 1 is 1.14 bits per heavy atom. The van der Waals surface area contributed by atoms with E-state index in [0.717, 1.165) is 52.0 Å². The molecule has 2 heterocycles. The largest absolute Gasteiger partial charge is 0.492 e. The molecule has 28 heavy (non-hydrogen) atoms. The molecule has 0 unspecified atom stereocenters. The van der Waals surface area contributed by atoms with Gasteiger partial charge in [-0.25, -0.2) is 0 Å². The van der Waals surface area contributed by atoms with Crippen molar-refractivity contribution in [2.24, 2.45) is 0 Å². The maximum absolute atomic E-state index is 12.2. The highest BCUT2D eigenvalue weighted by molar-refractivity contribution is 9.11. The number of aromatic amines is 1. The smallest absolute Gasteiger partial charge is 0.191 e. The average Bonchev–Trinajstić information content (AvgIpc) is 2.68. The van der Waals surface area contributed by atoms with Crippen LogP contribution in [-0.2, 0) is 0 Å². The number of pyridine rings is 1. The Labute approximate surface area is 180 Å². The summed E-state index contributed by atoms with van der Waals surface area (Å²) in [6.45, 7) is 2.36. The van der Waals surface area contributed by atoms with Crippen LogP contribution in [0.1, 0.15) is 24.4 Å². The second-order valence-corrected chi connectivity index (χ2v) is 8.59. The number of hydrogen-bond acceptors (Lipinski definition) is 4. The van der Waals surface area contributed by atoms with Gasteiger partial charge in [-0.2, -0.15) is 0 Å². The van der Waals surface area contributed by atoms with Crippen molar-refractivity contribution in [2.45, 2.75) is 18.9 Å². The van der Waals surface area contributed by atoms with Gasteiger partial charge in [0.1, 0.15) is 11.6 Å². The maximum atomic E-state index is 12.2. The van der Waals surface area contributed by atoms with Crippen LogP contribution >= 0.6 is 31.9 Å². The van der Waals surface area contributed by atoms with Crippen LogP contribution in [0.4, 0.5) is 5.82 Å². The summed E-state index contributed by atoms with van der Waals surface area (Å²) < 4.78 is 7.83. The number of ether oxygens (including phenoxy) is 1. The van der Waals surface area contributed by atoms with Gasteiger partial charge in [-0.05, 0) is 53.2 Å². The van der Waals surface area contributed by atoms with Crippen LogP contribution < -0.4 is 20.8 Å². The number of H-pyrrole nitrogens is 1. The number of anilines is 1. The molecular weight excluding hydrogens is 486 g/mol. The molecule has 7 heteroatoms. The lowest BCUT2D eigenvalue weighted by molar-refractivity contribution is 0.251. The summed E-state index contributed by atoms with van der Waals surface area (Å²) in [6, 6.07) is 13.6. The topological polar surface area (TPSA) is 66.2 Å². The number of rotatable bonds is 6. The summed E-state index contributed by atoms with van der Waals surface area (Å²) in [4.78, 5) is 15.4. The molecule has 0 bridgehead atoms. The molecule has 0 saturated carbocycles. The predicted octanol–water partition coefficient (Wildman–Crippen LogP) is 4.97. The first-order valence-electron chi connectivity index (χ1n) is 9.33. The second-order valence-electron chi connectivity index (χ2n) is 6.82. The van der Waals surface area contributed by atoms with Crippen molar-refractivity contribution in [1.82, 2.24) is 10.3 Å². The number of para-hydroxylation sites is 1. The molecule has 1 aliphatic rings. The van der Waals surface area contributed by atoms with E-state index < -0.39 is 0 Å². The molecule has 2 aromatic carbocycles. The lowest BCUT2D eigenvalue weighted by Crippen LogP contribution is -2.29. The Hall–Kier alpha value is -1.83. The first-order chi connectivity index (χ1) is 13.6. The van der Waals surface area contributed by atoms with Gasteiger partial charge in [0.15, 0.2) is 5.43 Å². The Morgan fingerprint density at radius 2 is 2.00 bits per heavy atom. The molecule has 3 aromatic rings. The molecule has 5 nitrogen and oxygen atoms in total. The van der Waals surface area contributed by atoms with Crippen molar-refractivity contribution >= 4 is 48.6 Å². The molecule has 1 aromatic heterocycles. The van der Waals surface area contributed by atoms with E-state index in [2.05, 4.69) is 53.5 Å². The number of benzene rings is 2. The van der Waals surface area contributed by atoms with Crippen molar-refractivity contribution in [1.29, 1.82) is 0 Å². The van der Waals surface area contributed by atoms with Crippen molar-refractivity contribution in [3.63, 3.8) is 0 Å². The van der Waals surface area contributed by atoms with Gasteiger partial charge in [-0.15, -0.1) is 0 Å². The zero-order valence-electron chi connectivity index (χ0n) is 15.2. The zero-order valence-corrected chi connectivity index (χ0v) is 18.4. The molecule has 0 aliphatic carbocycles. The van der Waals surface area contributed by atoms with Crippen LogP contribution in [0.25, 0.3) is 10.9 Å². The summed E-state index contributed by atoms with van der Waals surface area (Å²) in [5.41, 5.74) is 2.06. The number of aromatic nitrogens is 1. The van der Waals surface area contributed by atoms with Gasteiger partial charge in [-0.3, -0.25) is 4.79 Å². The molecule has 0 amide bonds. The summed E-state index contributed by atoms with van der Waals surface area (Å²) in [7, 11) is 0. The third kappa shape index (κ3) is 4.26. The lowest BCUT2D eigenvalue weighted by atomic mass is 10.0. The van der Waals surface area contributed by atoms with Crippen LogP contribution in [-0.4, -0.2) is 24.7 Å². The SMILES string of the molecule is O=c1cc(NCCCN[C@@H]2CCOc3c(Br)cc(Br)cc32)[nH]c2ccccc12. The molecule has 0 radical (unpaired) electrons. The van der Waals surface area contributed by atoms with Crippen LogP contribution in [0.5, 0.6) is 5.75 Å². The van der Waals surface area contributed by atoms with Gasteiger partial charge >= 0.3 is 0 Å². The third-order valence-electron chi connectivity index (χ3n) is 4.86. The molecule has 0 fully saturated rings. The quantitative estimate of drug-likeness (QED) is 0.413. The molecule has 0 saturated heterocycles. The first-order valence-corrected chi connectivity index (χ1v) is 10.9. The number of nitrogens with one attached hydrogen (secondary N) is 3. The maximum Gasteiger partial charge on any atom is 0.191 e. The van der Waals surface area contributed by atoms with Gasteiger partial charge in [0, 0.05) is 40.5 Å². The second kappa shape index (κ2) is 8.68. The van der Waals surface area contributed by atoms with Crippen LogP contribution in [0.2, 0.25) is 0 Å². The highest BCUT2D eigenvalue weighted by Gasteiger charge is 2.23. The Bertz CT molecular complexity index is 1050. The van der Waals surface area contributed by atoms with Crippen molar-refractivity contribution in [2.75, 3.05) is 25.0 Å². The van der Waals surface area contributed by atoms with Crippen LogP contribution in [0.3, 0.4) is 0 Å². The van der Waals surface area contributed by atoms with Crippen LogP contribution in [0, 0.1) is 0 Å². The molecule has 0 spiro atoms. The zero-order chi connectivity index (χ0) is 19.5. The van der Waals surface area contributed by atoms with E-state index in [4.69, 9.17) is 4.74 Å². The summed E-state index contributed by atoms with van der Waals surface area (Å²) in [6.07, 6.45) is 1.89. The fourth-order valence-corrected chi connectivity index (χ4v) is 4.89. The van der Waals surface area contributed by atoms with E-state index >= 15 is 0 Å². The van der Waals surface area contributed by atoms with Gasteiger partial charge in [0.05, 0.1) is 16.6 Å². The standard InChI is InChI=1S/C21H21Br2N3O2/c22-13-10-15-17(6-9-28-21(15)16(23)11-13)24-7-3-8-25-20-12-19(27)14-4-1-2-5-18(14)26-20/h1-2,4-5,10-12,17,24H,3,6-9H2,(H2,25,26,27)/t17-/m1/s1. The number of halogens is 2. The summed E-state index contributed by atoms with van der Waals surface area (Å²) in [5, 5.41) is 7.66. The third-order valence-corrected chi connectivity index (χ3v) is 5.91. The minimum Gasteiger partial charge on any atom is -0.492 e. The van der Waals surface area contributed by atoms with Gasteiger partial charge in [0.2, 0.25) is 0 Å². The molecule has 3 N–H and O–H groups in total. The predicted molar refractivity (Wildman–Crippen MR) is 120 cm³/mol. The molecular formula is C21H21Br2N3O2. The van der Waals surface area contributed by atoms with E-state index in [1.807, 2.05) is 30.3 Å². The normalized spacial score (nSPS) is 15.9. The fourth-order valence-electron chi connectivity index (χ4n) is 3.52. The molecule has 1 atom stereocenters. The van der Waals surface area contributed by atoms with E-state index in [-0.39, 0.29) is 11.5 Å². The highest BCUT2D eigenvalue weighted by atomic mass is 79.9. The Balaban J connectivity index is 1.32. The molecule has 4 rings (SSSR count). The Kier molecular flexibility index (Phi) is 6.04. The summed E-state index contributed by atoms with van der Waals surface area (Å²) >= 11 is 7.14. The van der Waals surface area contributed by atoms with E-state index in [1.54, 1.807) is 6.07 Å². The van der Waals surface area contributed by atoms with Gasteiger partial charge in [0.25, 0.3) is 0 Å². The molecule has 146 valence electrons. The number of hydrogen-bond donors (Lipinski definition) is 3. The van der Waals surface area contributed by atoms with Gasteiger partial charge in [-0.1, -0.05) is 28.1 Å². The monoisotopic (exact) mass is 505 g/mol. The van der Waals surface area contributed by atoms with Crippen molar-refractivity contribution in [3.05, 3.63) is 67.2 Å². The van der Waals surface area contributed by atoms with Gasteiger partial charge < -0.3 is 20.4 Å². The van der Waals surface area contributed by atoms with E-state index in [1.165, 1.54) is 5.56 Å². The van der Waals surface area contributed by atoms with Crippen LogP contribution in [0.15, 0.2) is 56.2 Å². The minimum absolute atomic E-state index is 0.0324. The van der Waals surface area contributed by atoms with E-state index in [0.29, 0.717) is 12.0 Å². The van der Waals surface area contributed by atoms with E-state index in [9.17, 15) is 4.79 Å². The fraction of sp³-hybridized carbons (Fsp3) is 0.286. The summed E-state index contributed by atoms with van der Waals surface area (Å²) in [5.74, 6) is 1.69. The van der Waals surface area contributed by atoms with Crippen molar-refractivity contribution < 1.29 is 4.74 Å². The molecule has 1 aliphatic heterocycles.